The van der Waals surface area contributed by atoms with E-state index in [4.69, 9.17) is 14.5 Å². The van der Waals surface area contributed by atoms with Gasteiger partial charge in [-0.25, -0.2) is 9.82 Å². The molecule has 2 aliphatic rings. The van der Waals surface area contributed by atoms with Gasteiger partial charge in [-0.15, -0.1) is 0 Å². The second kappa shape index (κ2) is 12.3. The van der Waals surface area contributed by atoms with Crippen LogP contribution in [-0.2, 0) is 11.3 Å². The van der Waals surface area contributed by atoms with Crippen molar-refractivity contribution in [3.8, 4) is 5.75 Å². The van der Waals surface area contributed by atoms with Gasteiger partial charge in [-0.2, -0.15) is 20.1 Å². The van der Waals surface area contributed by atoms with Gasteiger partial charge >= 0.3 is 0 Å². The number of nitrogens with one attached hydrogen (secondary N) is 1. The Hall–Kier alpha value is -3.31. The van der Waals surface area contributed by atoms with Gasteiger partial charge in [0, 0.05) is 36.2 Å². The Kier molecular flexibility index (Phi) is 8.42. The number of hydrazone groups is 1. The molecule has 2 saturated heterocycles. The summed E-state index contributed by atoms with van der Waals surface area (Å²) in [6, 6.07) is 11.9. The molecular formula is C26H29BrFN7O2. The highest BCUT2D eigenvalue weighted by Crippen LogP contribution is 2.24. The van der Waals surface area contributed by atoms with Gasteiger partial charge in [-0.3, -0.25) is 0 Å². The molecule has 3 heterocycles. The zero-order valence-corrected chi connectivity index (χ0v) is 22.0. The molecule has 0 saturated carbocycles. The Labute approximate surface area is 223 Å². The van der Waals surface area contributed by atoms with E-state index in [-0.39, 0.29) is 5.82 Å². The minimum absolute atomic E-state index is 0.273. The lowest BCUT2D eigenvalue weighted by atomic mass is 10.1. The van der Waals surface area contributed by atoms with Crippen LogP contribution in [0.3, 0.4) is 0 Å². The summed E-state index contributed by atoms with van der Waals surface area (Å²) >= 11 is 3.51. The van der Waals surface area contributed by atoms with Crippen molar-refractivity contribution in [3.63, 3.8) is 0 Å². The van der Waals surface area contributed by atoms with Crippen molar-refractivity contribution in [2.75, 3.05) is 54.6 Å². The van der Waals surface area contributed by atoms with Crippen molar-refractivity contribution in [3.05, 3.63) is 63.9 Å². The topological polar surface area (TPSA) is 88.0 Å². The number of morpholine rings is 1. The first-order chi connectivity index (χ1) is 18.1. The summed E-state index contributed by atoms with van der Waals surface area (Å²) in [5.41, 5.74) is 4.63. The van der Waals surface area contributed by atoms with Crippen LogP contribution < -0.4 is 20.0 Å². The van der Waals surface area contributed by atoms with Crippen molar-refractivity contribution in [1.82, 2.24) is 15.0 Å². The van der Waals surface area contributed by atoms with Crippen molar-refractivity contribution in [2.24, 2.45) is 5.10 Å². The summed E-state index contributed by atoms with van der Waals surface area (Å²) in [6.45, 7) is 4.94. The Bertz CT molecular complexity index is 1180. The number of hydrogen-bond acceptors (Lipinski definition) is 9. The van der Waals surface area contributed by atoms with Crippen molar-refractivity contribution < 1.29 is 13.9 Å². The van der Waals surface area contributed by atoms with E-state index in [0.29, 0.717) is 43.4 Å². The molecule has 3 aromatic rings. The first-order valence-corrected chi connectivity index (χ1v) is 13.2. The maximum absolute atomic E-state index is 13.2. The van der Waals surface area contributed by atoms with E-state index < -0.39 is 0 Å². The molecule has 0 unspecified atom stereocenters. The summed E-state index contributed by atoms with van der Waals surface area (Å²) in [4.78, 5) is 18.4. The third kappa shape index (κ3) is 6.92. The highest BCUT2D eigenvalue weighted by Gasteiger charge is 2.20. The number of nitrogens with zero attached hydrogens (tertiary/aromatic N) is 6. The lowest BCUT2D eigenvalue weighted by Crippen LogP contribution is -2.38. The third-order valence-corrected chi connectivity index (χ3v) is 6.69. The predicted molar refractivity (Wildman–Crippen MR) is 145 cm³/mol. The number of hydrogen-bond donors (Lipinski definition) is 1. The molecule has 0 bridgehead atoms. The maximum Gasteiger partial charge on any atom is 0.250 e. The quantitative estimate of drug-likeness (QED) is 0.310. The van der Waals surface area contributed by atoms with Gasteiger partial charge in [-0.1, -0.05) is 28.1 Å². The monoisotopic (exact) mass is 569 g/mol. The molecule has 194 valence electrons. The van der Waals surface area contributed by atoms with E-state index in [9.17, 15) is 4.39 Å². The Morgan fingerprint density at radius 3 is 2.38 bits per heavy atom. The smallest absolute Gasteiger partial charge is 0.250 e. The number of piperidine rings is 1. The minimum atomic E-state index is -0.273. The van der Waals surface area contributed by atoms with Crippen LogP contribution in [0.2, 0.25) is 0 Å². The van der Waals surface area contributed by atoms with Crippen LogP contribution in [0.1, 0.15) is 30.4 Å². The van der Waals surface area contributed by atoms with Crippen molar-refractivity contribution >= 4 is 40.0 Å². The normalized spacial score (nSPS) is 16.3. The molecule has 1 N–H and O–H groups in total. The lowest BCUT2D eigenvalue weighted by molar-refractivity contribution is 0.122. The standard InChI is InChI=1S/C26H29BrFN7O2/c27-21-6-9-23(37-18-19-4-7-22(28)8-5-19)20(16-21)17-29-33-24-30-25(34-10-2-1-3-11-34)32-26(31-24)35-12-14-36-15-13-35/h4-9,16-17H,1-3,10-15,18H2,(H,30,31,32,33)/b29-17-. The number of benzene rings is 2. The molecule has 0 amide bonds. The molecule has 5 rings (SSSR count). The molecule has 9 nitrogen and oxygen atoms in total. The molecular weight excluding hydrogens is 541 g/mol. The van der Waals surface area contributed by atoms with Gasteiger partial charge in [0.1, 0.15) is 18.2 Å². The van der Waals surface area contributed by atoms with Crippen LogP contribution >= 0.6 is 15.9 Å². The molecule has 0 radical (unpaired) electrons. The summed E-state index contributed by atoms with van der Waals surface area (Å²) in [5.74, 6) is 2.06. The lowest BCUT2D eigenvalue weighted by Gasteiger charge is -2.30. The minimum Gasteiger partial charge on any atom is -0.488 e. The summed E-state index contributed by atoms with van der Waals surface area (Å²) in [6.07, 6.45) is 5.15. The Morgan fingerprint density at radius 1 is 0.946 bits per heavy atom. The second-order valence-electron chi connectivity index (χ2n) is 8.87. The van der Waals surface area contributed by atoms with Crippen molar-refractivity contribution in [2.45, 2.75) is 25.9 Å². The van der Waals surface area contributed by atoms with Crippen LogP contribution in [0.4, 0.5) is 22.2 Å². The fourth-order valence-corrected chi connectivity index (χ4v) is 4.58. The van der Waals surface area contributed by atoms with Gasteiger partial charge in [0.2, 0.25) is 17.8 Å². The van der Waals surface area contributed by atoms with E-state index in [0.717, 1.165) is 54.6 Å². The zero-order valence-electron chi connectivity index (χ0n) is 20.4. The SMILES string of the molecule is Fc1ccc(COc2ccc(Br)cc2/C=N\Nc2nc(N3CCCCC3)nc(N3CCOCC3)n2)cc1. The second-order valence-corrected chi connectivity index (χ2v) is 9.79. The van der Waals surface area contributed by atoms with E-state index in [1.54, 1.807) is 18.3 Å². The van der Waals surface area contributed by atoms with E-state index in [2.05, 4.69) is 46.2 Å². The summed E-state index contributed by atoms with van der Waals surface area (Å²) in [7, 11) is 0. The molecule has 2 aromatic carbocycles. The van der Waals surface area contributed by atoms with E-state index in [1.165, 1.54) is 18.6 Å². The highest BCUT2D eigenvalue weighted by atomic mass is 79.9. The fourth-order valence-electron chi connectivity index (χ4n) is 4.20. The summed E-state index contributed by atoms with van der Waals surface area (Å²) in [5, 5.41) is 4.41. The number of anilines is 3. The van der Waals surface area contributed by atoms with Crippen LogP contribution in [0.15, 0.2) is 52.0 Å². The van der Waals surface area contributed by atoms with Gasteiger partial charge in [-0.05, 0) is 55.2 Å². The molecule has 0 aliphatic carbocycles. The number of halogens is 2. The predicted octanol–water partition coefficient (Wildman–Crippen LogP) is 4.63. The molecule has 2 aliphatic heterocycles. The highest BCUT2D eigenvalue weighted by molar-refractivity contribution is 9.10. The molecule has 0 atom stereocenters. The van der Waals surface area contributed by atoms with Gasteiger partial charge in [0.25, 0.3) is 0 Å². The van der Waals surface area contributed by atoms with Gasteiger partial charge < -0.3 is 19.3 Å². The Balaban J connectivity index is 1.33. The molecule has 11 heteroatoms. The van der Waals surface area contributed by atoms with Crippen LogP contribution in [0.25, 0.3) is 0 Å². The fraction of sp³-hybridized carbons (Fsp3) is 0.385. The molecule has 2 fully saturated rings. The van der Waals surface area contributed by atoms with E-state index >= 15 is 0 Å². The first-order valence-electron chi connectivity index (χ1n) is 12.4. The number of rotatable bonds is 8. The zero-order chi connectivity index (χ0) is 25.5. The number of aromatic nitrogens is 3. The maximum atomic E-state index is 13.2. The van der Waals surface area contributed by atoms with Crippen LogP contribution in [0, 0.1) is 5.82 Å². The average Bonchev–Trinajstić information content (AvgIpc) is 2.94. The van der Waals surface area contributed by atoms with Crippen LogP contribution in [0.5, 0.6) is 5.75 Å². The van der Waals surface area contributed by atoms with E-state index in [1.807, 2.05) is 18.2 Å². The van der Waals surface area contributed by atoms with Crippen LogP contribution in [-0.4, -0.2) is 60.6 Å². The third-order valence-electron chi connectivity index (χ3n) is 6.19. The summed E-state index contributed by atoms with van der Waals surface area (Å²) < 4.78 is 25.6. The Morgan fingerprint density at radius 2 is 1.65 bits per heavy atom. The average molecular weight is 570 g/mol. The first kappa shape index (κ1) is 25.3. The largest absolute Gasteiger partial charge is 0.488 e. The molecule has 0 spiro atoms. The van der Waals surface area contributed by atoms with Gasteiger partial charge in [0.05, 0.1) is 19.4 Å². The molecule has 1 aromatic heterocycles. The number of ether oxygens (including phenoxy) is 2. The van der Waals surface area contributed by atoms with Gasteiger partial charge in [0.15, 0.2) is 0 Å². The molecule has 37 heavy (non-hydrogen) atoms. The van der Waals surface area contributed by atoms with Crippen molar-refractivity contribution in [1.29, 1.82) is 0 Å².